The first-order valence-corrected chi connectivity index (χ1v) is 11.3. The van der Waals surface area contributed by atoms with Crippen molar-refractivity contribution in [2.75, 3.05) is 21.3 Å². The Hall–Kier alpha value is -3.91. The maximum atomic E-state index is 13.5. The van der Waals surface area contributed by atoms with E-state index in [9.17, 15) is 9.59 Å². The van der Waals surface area contributed by atoms with Crippen LogP contribution >= 0.6 is 11.3 Å². The molecule has 0 N–H and O–H groups in total. The topological polar surface area (TPSA) is 79.1 Å². The van der Waals surface area contributed by atoms with Crippen LogP contribution in [0.4, 0.5) is 0 Å². The van der Waals surface area contributed by atoms with E-state index in [1.165, 1.54) is 23.0 Å². The van der Waals surface area contributed by atoms with Crippen LogP contribution < -0.4 is 24.4 Å². The SMILES string of the molecule is COC(=O)C1=C(C)N=c2s/c(=C\c3ccc(OC)c(OC)c3)c(=O)n2[C@@H]1/C=C/c1ccccc1. The maximum absolute atomic E-state index is 13.5. The van der Waals surface area contributed by atoms with Gasteiger partial charge in [0.1, 0.15) is 0 Å². The largest absolute Gasteiger partial charge is 0.493 e. The summed E-state index contributed by atoms with van der Waals surface area (Å²) >= 11 is 1.27. The molecule has 0 radical (unpaired) electrons. The Morgan fingerprint density at radius 2 is 1.76 bits per heavy atom. The van der Waals surface area contributed by atoms with Gasteiger partial charge in [-0.25, -0.2) is 9.79 Å². The van der Waals surface area contributed by atoms with E-state index >= 15 is 0 Å². The Balaban J connectivity index is 1.86. The van der Waals surface area contributed by atoms with Gasteiger partial charge in [-0.2, -0.15) is 0 Å². The molecule has 1 atom stereocenters. The van der Waals surface area contributed by atoms with E-state index in [-0.39, 0.29) is 5.56 Å². The second-order valence-electron chi connectivity index (χ2n) is 7.50. The predicted molar refractivity (Wildman–Crippen MR) is 132 cm³/mol. The molecule has 0 saturated heterocycles. The molecule has 34 heavy (non-hydrogen) atoms. The quantitative estimate of drug-likeness (QED) is 0.511. The van der Waals surface area contributed by atoms with Crippen molar-refractivity contribution >= 4 is 29.5 Å². The smallest absolute Gasteiger partial charge is 0.338 e. The van der Waals surface area contributed by atoms with Gasteiger partial charge < -0.3 is 14.2 Å². The summed E-state index contributed by atoms with van der Waals surface area (Å²) in [5.41, 5.74) is 2.35. The van der Waals surface area contributed by atoms with E-state index in [0.29, 0.717) is 32.1 Å². The lowest BCUT2D eigenvalue weighted by Crippen LogP contribution is -2.38. The van der Waals surface area contributed by atoms with Crippen LogP contribution in [0, 0.1) is 0 Å². The van der Waals surface area contributed by atoms with Gasteiger partial charge in [0.15, 0.2) is 16.3 Å². The van der Waals surface area contributed by atoms with Gasteiger partial charge in [0.05, 0.1) is 43.2 Å². The monoisotopic (exact) mass is 476 g/mol. The predicted octanol–water partition coefficient (Wildman–Crippen LogP) is 3.09. The number of fused-ring (bicyclic) bond motifs is 1. The normalized spacial score (nSPS) is 15.8. The zero-order valence-electron chi connectivity index (χ0n) is 19.3. The van der Waals surface area contributed by atoms with Crippen molar-refractivity contribution < 1.29 is 19.0 Å². The fourth-order valence-corrected chi connectivity index (χ4v) is 4.83. The second-order valence-corrected chi connectivity index (χ2v) is 8.51. The molecule has 1 aromatic heterocycles. The van der Waals surface area contributed by atoms with Gasteiger partial charge in [0, 0.05) is 0 Å². The summed E-state index contributed by atoms with van der Waals surface area (Å²) < 4.78 is 17.7. The Bertz CT molecular complexity index is 1470. The molecule has 8 heteroatoms. The minimum absolute atomic E-state index is 0.241. The molecular formula is C26H24N2O5S. The number of rotatable bonds is 6. The molecule has 0 fully saturated rings. The number of aromatic nitrogens is 1. The third-order valence-electron chi connectivity index (χ3n) is 5.45. The molecule has 1 aliphatic rings. The molecule has 0 bridgehead atoms. The highest BCUT2D eigenvalue weighted by Crippen LogP contribution is 2.28. The van der Waals surface area contributed by atoms with Crippen molar-refractivity contribution in [3.8, 4) is 11.5 Å². The molecule has 0 saturated carbocycles. The summed E-state index contributed by atoms with van der Waals surface area (Å²) in [7, 11) is 4.45. The molecule has 4 rings (SSSR count). The summed E-state index contributed by atoms with van der Waals surface area (Å²) in [6.07, 6.45) is 5.50. The molecule has 2 heterocycles. The number of benzene rings is 2. The fraction of sp³-hybridized carbons (Fsp3) is 0.192. The number of carbonyl (C=O) groups is 1. The summed E-state index contributed by atoms with van der Waals surface area (Å²) in [6.45, 7) is 1.75. The Morgan fingerprint density at radius 3 is 2.44 bits per heavy atom. The number of carbonyl (C=O) groups excluding carboxylic acids is 1. The van der Waals surface area contributed by atoms with Gasteiger partial charge in [-0.3, -0.25) is 9.36 Å². The number of hydrogen-bond donors (Lipinski definition) is 0. The molecule has 2 aromatic carbocycles. The van der Waals surface area contributed by atoms with Crippen LogP contribution in [0.5, 0.6) is 11.5 Å². The lowest BCUT2D eigenvalue weighted by atomic mass is 10.0. The minimum Gasteiger partial charge on any atom is -0.493 e. The fourth-order valence-electron chi connectivity index (χ4n) is 3.78. The number of allylic oxidation sites excluding steroid dienone is 2. The molecule has 0 amide bonds. The van der Waals surface area contributed by atoms with Crippen LogP contribution in [0.2, 0.25) is 0 Å². The number of methoxy groups -OCH3 is 3. The van der Waals surface area contributed by atoms with E-state index in [0.717, 1.165) is 11.1 Å². The molecule has 1 aliphatic heterocycles. The van der Waals surface area contributed by atoms with E-state index in [4.69, 9.17) is 14.2 Å². The van der Waals surface area contributed by atoms with E-state index < -0.39 is 12.0 Å². The zero-order valence-corrected chi connectivity index (χ0v) is 20.1. The van der Waals surface area contributed by atoms with Crippen LogP contribution in [0.3, 0.4) is 0 Å². The Kier molecular flexibility index (Phi) is 6.79. The molecule has 0 spiro atoms. The number of ether oxygens (including phenoxy) is 3. The summed E-state index contributed by atoms with van der Waals surface area (Å²) in [6, 6.07) is 14.5. The Labute approximate surface area is 200 Å². The molecule has 7 nitrogen and oxygen atoms in total. The number of hydrogen-bond acceptors (Lipinski definition) is 7. The lowest BCUT2D eigenvalue weighted by Gasteiger charge is -2.21. The van der Waals surface area contributed by atoms with Crippen molar-refractivity contribution in [1.29, 1.82) is 0 Å². The van der Waals surface area contributed by atoms with Gasteiger partial charge in [0.2, 0.25) is 0 Å². The second kappa shape index (κ2) is 9.93. The maximum Gasteiger partial charge on any atom is 0.338 e. The highest BCUT2D eigenvalue weighted by molar-refractivity contribution is 7.07. The lowest BCUT2D eigenvalue weighted by molar-refractivity contribution is -0.136. The first-order chi connectivity index (χ1) is 16.5. The first-order valence-electron chi connectivity index (χ1n) is 10.5. The van der Waals surface area contributed by atoms with Crippen molar-refractivity contribution in [2.24, 2.45) is 4.99 Å². The molecule has 3 aromatic rings. The Morgan fingerprint density at radius 1 is 1.03 bits per heavy atom. The molecule has 0 aliphatic carbocycles. The van der Waals surface area contributed by atoms with E-state index in [1.807, 2.05) is 48.6 Å². The van der Waals surface area contributed by atoms with E-state index in [2.05, 4.69) is 4.99 Å². The third kappa shape index (κ3) is 4.45. The van der Waals surface area contributed by atoms with Gasteiger partial charge in [0.25, 0.3) is 5.56 Å². The minimum atomic E-state index is -0.642. The summed E-state index contributed by atoms with van der Waals surface area (Å²) in [4.78, 5) is 31.2. The number of esters is 1. The van der Waals surface area contributed by atoms with Gasteiger partial charge >= 0.3 is 5.97 Å². The van der Waals surface area contributed by atoms with Crippen LogP contribution in [0.25, 0.3) is 12.2 Å². The van der Waals surface area contributed by atoms with Crippen molar-refractivity contribution in [2.45, 2.75) is 13.0 Å². The number of thiazole rings is 1. The van der Waals surface area contributed by atoms with Crippen molar-refractivity contribution in [3.05, 3.63) is 96.7 Å². The average Bonchev–Trinajstić information content (AvgIpc) is 3.16. The molecule has 174 valence electrons. The summed E-state index contributed by atoms with van der Waals surface area (Å²) in [5.74, 6) is 0.653. The third-order valence-corrected chi connectivity index (χ3v) is 6.43. The van der Waals surface area contributed by atoms with Crippen LogP contribution in [-0.4, -0.2) is 31.9 Å². The van der Waals surface area contributed by atoms with Crippen molar-refractivity contribution in [3.63, 3.8) is 0 Å². The standard InChI is InChI=1S/C26H24N2O5S/c1-16-23(25(30)33-4)19(12-10-17-8-6-5-7-9-17)28-24(29)22(34-26(28)27-16)15-18-11-13-20(31-2)21(14-18)32-3/h5-15,19H,1-4H3/b12-10+,22-15-/t19-/m1/s1. The highest BCUT2D eigenvalue weighted by Gasteiger charge is 2.30. The molecular weight excluding hydrogens is 452 g/mol. The highest BCUT2D eigenvalue weighted by atomic mass is 32.1. The van der Waals surface area contributed by atoms with E-state index in [1.54, 1.807) is 39.4 Å². The van der Waals surface area contributed by atoms with Crippen molar-refractivity contribution in [1.82, 2.24) is 4.57 Å². The summed E-state index contributed by atoms with van der Waals surface area (Å²) in [5, 5.41) is 0. The van der Waals surface area contributed by atoms with Crippen LogP contribution in [-0.2, 0) is 9.53 Å². The van der Waals surface area contributed by atoms with Gasteiger partial charge in [-0.15, -0.1) is 0 Å². The van der Waals surface area contributed by atoms with Gasteiger partial charge in [-0.1, -0.05) is 59.9 Å². The van der Waals surface area contributed by atoms with Crippen LogP contribution in [0.15, 0.2) is 75.7 Å². The average molecular weight is 477 g/mol. The zero-order chi connectivity index (χ0) is 24.2. The number of nitrogens with zero attached hydrogens (tertiary/aromatic N) is 2. The first kappa shape index (κ1) is 23.3. The van der Waals surface area contributed by atoms with Gasteiger partial charge in [-0.05, 0) is 36.3 Å². The van der Waals surface area contributed by atoms with Crippen LogP contribution in [0.1, 0.15) is 24.1 Å². The molecule has 0 unspecified atom stereocenters.